The first-order valence-electron chi connectivity index (χ1n) is 13.7. The fourth-order valence-corrected chi connectivity index (χ4v) is 4.37. The lowest BCUT2D eigenvalue weighted by Crippen LogP contribution is -2.61. The van der Waals surface area contributed by atoms with E-state index in [9.17, 15) is 24.9 Å². The molecular formula is C30H30N4O10. The second kappa shape index (κ2) is 14.1. The van der Waals surface area contributed by atoms with Crippen molar-refractivity contribution in [2.24, 2.45) is 0 Å². The SMILES string of the molecule is CCOC(=O)C1OC(OC(=O)Nc2ncccc2-c2cc(Cc3ccc(COc4ccccn4)cc3)no2)C(O)C(O)C1O. The number of hydrogen-bond acceptors (Lipinski definition) is 13. The molecule has 1 aliphatic rings. The number of ether oxygens (including phenoxy) is 4. The van der Waals surface area contributed by atoms with Crippen molar-refractivity contribution in [3.63, 3.8) is 0 Å². The quantitative estimate of drug-likeness (QED) is 0.192. The van der Waals surface area contributed by atoms with Crippen LogP contribution in [-0.4, -0.2) is 79.8 Å². The zero-order valence-corrected chi connectivity index (χ0v) is 23.5. The van der Waals surface area contributed by atoms with Gasteiger partial charge in [0.05, 0.1) is 17.9 Å². The number of amides is 1. The molecule has 1 saturated heterocycles. The van der Waals surface area contributed by atoms with Crippen LogP contribution >= 0.6 is 0 Å². The lowest BCUT2D eigenvalue weighted by atomic mass is 9.99. The predicted molar refractivity (Wildman–Crippen MR) is 151 cm³/mol. The Morgan fingerprint density at radius 2 is 1.70 bits per heavy atom. The number of nitrogens with one attached hydrogen (secondary N) is 1. The Morgan fingerprint density at radius 1 is 0.932 bits per heavy atom. The smallest absolute Gasteiger partial charge is 0.415 e. The minimum Gasteiger partial charge on any atom is -0.473 e. The van der Waals surface area contributed by atoms with E-state index in [0.29, 0.717) is 35.9 Å². The molecular weight excluding hydrogens is 576 g/mol. The molecule has 1 amide bonds. The Morgan fingerprint density at radius 3 is 2.45 bits per heavy atom. The van der Waals surface area contributed by atoms with Gasteiger partial charge in [0.25, 0.3) is 0 Å². The highest BCUT2D eigenvalue weighted by Gasteiger charge is 2.49. The van der Waals surface area contributed by atoms with Crippen LogP contribution in [0.15, 0.2) is 77.6 Å². The summed E-state index contributed by atoms with van der Waals surface area (Å²) in [7, 11) is 0. The minimum atomic E-state index is -1.84. The molecule has 1 fully saturated rings. The molecule has 5 unspecified atom stereocenters. The maximum absolute atomic E-state index is 12.7. The summed E-state index contributed by atoms with van der Waals surface area (Å²) in [4.78, 5) is 33.1. The number of benzene rings is 1. The topological polar surface area (TPSA) is 196 Å². The molecule has 14 heteroatoms. The minimum absolute atomic E-state index is 0.0170. The summed E-state index contributed by atoms with van der Waals surface area (Å²) in [5.74, 6) is -0.0759. The zero-order chi connectivity index (χ0) is 31.1. The molecule has 44 heavy (non-hydrogen) atoms. The molecule has 4 N–H and O–H groups in total. The summed E-state index contributed by atoms with van der Waals surface area (Å²) in [6.07, 6.45) is -6.50. The summed E-state index contributed by atoms with van der Waals surface area (Å²) >= 11 is 0. The van der Waals surface area contributed by atoms with Crippen molar-refractivity contribution in [2.45, 2.75) is 50.7 Å². The van der Waals surface area contributed by atoms with Crippen molar-refractivity contribution in [1.29, 1.82) is 0 Å². The number of nitrogens with zero attached hydrogens (tertiary/aromatic N) is 3. The van der Waals surface area contributed by atoms with Crippen LogP contribution < -0.4 is 10.1 Å². The number of aromatic nitrogens is 3. The largest absolute Gasteiger partial charge is 0.473 e. The number of pyridine rings is 2. The van der Waals surface area contributed by atoms with Gasteiger partial charge in [-0.1, -0.05) is 35.5 Å². The number of hydrogen-bond donors (Lipinski definition) is 4. The second-order valence-electron chi connectivity index (χ2n) is 9.71. The maximum Gasteiger partial charge on any atom is 0.415 e. The number of esters is 1. The van der Waals surface area contributed by atoms with Crippen molar-refractivity contribution in [2.75, 3.05) is 11.9 Å². The van der Waals surface area contributed by atoms with Crippen LogP contribution in [0.2, 0.25) is 0 Å². The van der Waals surface area contributed by atoms with Crippen LogP contribution in [0, 0.1) is 0 Å². The van der Waals surface area contributed by atoms with E-state index in [4.69, 9.17) is 23.5 Å². The summed E-state index contributed by atoms with van der Waals surface area (Å²) in [5, 5.41) is 37.1. The first-order chi connectivity index (χ1) is 21.3. The van der Waals surface area contributed by atoms with Gasteiger partial charge in [-0.25, -0.2) is 19.6 Å². The van der Waals surface area contributed by atoms with E-state index in [0.717, 1.165) is 11.1 Å². The molecule has 5 atom stereocenters. The van der Waals surface area contributed by atoms with Crippen molar-refractivity contribution in [3.8, 4) is 17.2 Å². The maximum atomic E-state index is 12.7. The van der Waals surface area contributed by atoms with E-state index in [1.54, 1.807) is 37.4 Å². The summed E-state index contributed by atoms with van der Waals surface area (Å²) in [5.41, 5.74) is 2.98. The third kappa shape index (κ3) is 7.36. The number of aliphatic hydroxyl groups excluding tert-OH is 3. The monoisotopic (exact) mass is 606 g/mol. The van der Waals surface area contributed by atoms with Crippen LogP contribution in [0.4, 0.5) is 10.6 Å². The molecule has 4 heterocycles. The zero-order valence-electron chi connectivity index (χ0n) is 23.5. The summed E-state index contributed by atoms with van der Waals surface area (Å²) in [6.45, 7) is 1.91. The van der Waals surface area contributed by atoms with Gasteiger partial charge in [0.15, 0.2) is 11.9 Å². The standard InChI is InChI=1S/C30H30N4O10/c1-2-40-28(38)26-24(36)23(35)25(37)29(42-26)43-30(39)33-27-20(6-5-13-32-27)21-15-19(34-44-21)14-17-8-10-18(11-9-17)16-41-22-7-3-4-12-31-22/h3-13,15,23-26,29,35-37H,2,14,16H2,1H3,(H,32,33,39). The third-order valence-electron chi connectivity index (χ3n) is 6.60. The first kappa shape index (κ1) is 30.6. The second-order valence-corrected chi connectivity index (χ2v) is 9.71. The van der Waals surface area contributed by atoms with Gasteiger partial charge in [-0.05, 0) is 36.2 Å². The number of anilines is 1. The van der Waals surface area contributed by atoms with Gasteiger partial charge in [-0.2, -0.15) is 0 Å². The van der Waals surface area contributed by atoms with Crippen LogP contribution in [0.25, 0.3) is 11.3 Å². The van der Waals surface area contributed by atoms with Crippen LogP contribution in [0.1, 0.15) is 23.7 Å². The van der Waals surface area contributed by atoms with E-state index in [2.05, 4.69) is 20.4 Å². The molecule has 1 aromatic carbocycles. The number of rotatable bonds is 10. The Hall–Kier alpha value is -4.89. The molecule has 0 spiro atoms. The number of carbonyl (C=O) groups excluding carboxylic acids is 2. The molecule has 0 saturated carbocycles. The molecule has 230 valence electrons. The molecule has 0 aliphatic carbocycles. The first-order valence-corrected chi connectivity index (χ1v) is 13.7. The molecule has 5 rings (SSSR count). The van der Waals surface area contributed by atoms with Crippen LogP contribution in [0.3, 0.4) is 0 Å². The van der Waals surface area contributed by atoms with Gasteiger partial charge < -0.3 is 38.8 Å². The average molecular weight is 607 g/mol. The van der Waals surface area contributed by atoms with E-state index in [-0.39, 0.29) is 12.4 Å². The van der Waals surface area contributed by atoms with Gasteiger partial charge in [-0.15, -0.1) is 0 Å². The van der Waals surface area contributed by atoms with Crippen molar-refractivity contribution in [3.05, 3.63) is 89.9 Å². The predicted octanol–water partition coefficient (Wildman–Crippen LogP) is 2.22. The molecule has 0 radical (unpaired) electrons. The highest BCUT2D eigenvalue weighted by molar-refractivity contribution is 5.88. The van der Waals surface area contributed by atoms with Gasteiger partial charge in [-0.3, -0.25) is 5.32 Å². The third-order valence-corrected chi connectivity index (χ3v) is 6.60. The molecule has 4 aromatic rings. The summed E-state index contributed by atoms with van der Waals surface area (Å²) < 4.78 is 26.4. The lowest BCUT2D eigenvalue weighted by Gasteiger charge is -2.38. The molecule has 14 nitrogen and oxygen atoms in total. The number of aliphatic hydroxyl groups is 3. The molecule has 0 bridgehead atoms. The van der Waals surface area contributed by atoms with E-state index in [1.807, 2.05) is 36.4 Å². The number of carbonyl (C=O) groups is 2. The van der Waals surface area contributed by atoms with Crippen LogP contribution in [0.5, 0.6) is 5.88 Å². The highest BCUT2D eigenvalue weighted by atomic mass is 16.7. The molecule has 3 aromatic heterocycles. The fraction of sp³-hybridized carbons (Fsp3) is 0.300. The Balaban J connectivity index is 1.20. The van der Waals surface area contributed by atoms with Gasteiger partial charge in [0, 0.05) is 30.9 Å². The van der Waals surface area contributed by atoms with Crippen molar-refractivity contribution in [1.82, 2.24) is 15.1 Å². The van der Waals surface area contributed by atoms with Gasteiger partial charge >= 0.3 is 12.1 Å². The fourth-order valence-electron chi connectivity index (χ4n) is 4.37. The molecule has 1 aliphatic heterocycles. The summed E-state index contributed by atoms with van der Waals surface area (Å²) in [6, 6.07) is 18.3. The normalized spacial score (nSPS) is 21.3. The highest BCUT2D eigenvalue weighted by Crippen LogP contribution is 2.28. The van der Waals surface area contributed by atoms with E-state index < -0.39 is 42.8 Å². The van der Waals surface area contributed by atoms with E-state index in [1.165, 1.54) is 6.20 Å². The Kier molecular flexibility index (Phi) is 9.76. The van der Waals surface area contributed by atoms with Gasteiger partial charge in [0.2, 0.25) is 12.2 Å². The van der Waals surface area contributed by atoms with Gasteiger partial charge in [0.1, 0.15) is 30.7 Å². The average Bonchev–Trinajstić information content (AvgIpc) is 3.50. The van der Waals surface area contributed by atoms with Crippen LogP contribution in [-0.2, 0) is 32.0 Å². The van der Waals surface area contributed by atoms with E-state index >= 15 is 0 Å². The Labute approximate surface area is 251 Å². The lowest BCUT2D eigenvalue weighted by molar-refractivity contribution is -0.278. The Bertz CT molecular complexity index is 1550. The van der Waals surface area contributed by atoms with Crippen molar-refractivity contribution < 1.29 is 48.4 Å². The van der Waals surface area contributed by atoms with Crippen molar-refractivity contribution >= 4 is 17.9 Å².